The second-order valence-corrected chi connectivity index (χ2v) is 5.28. The second-order valence-electron chi connectivity index (χ2n) is 5.28. The van der Waals surface area contributed by atoms with Gasteiger partial charge in [0.15, 0.2) is 0 Å². The first-order valence-electron chi connectivity index (χ1n) is 6.29. The van der Waals surface area contributed by atoms with Crippen molar-refractivity contribution in [2.75, 3.05) is 6.61 Å². The molecular formula is C12H22N2O2. The molecule has 0 radical (unpaired) electrons. The van der Waals surface area contributed by atoms with Crippen LogP contribution in [0.1, 0.15) is 45.4 Å². The highest BCUT2D eigenvalue weighted by atomic mass is 16.5. The smallest absolute Gasteiger partial charge is 0.222 e. The molecule has 2 fully saturated rings. The Labute approximate surface area is 96.9 Å². The van der Waals surface area contributed by atoms with Crippen LogP contribution < -0.4 is 11.1 Å². The molecule has 2 aliphatic rings. The van der Waals surface area contributed by atoms with Crippen LogP contribution in [0.3, 0.4) is 0 Å². The number of carbonyl (C=O) groups excluding carboxylic acids is 1. The van der Waals surface area contributed by atoms with Crippen molar-refractivity contribution in [2.24, 2.45) is 5.73 Å². The van der Waals surface area contributed by atoms with E-state index in [4.69, 9.17) is 10.5 Å². The van der Waals surface area contributed by atoms with E-state index >= 15 is 0 Å². The van der Waals surface area contributed by atoms with Gasteiger partial charge in [0.2, 0.25) is 5.91 Å². The summed E-state index contributed by atoms with van der Waals surface area (Å²) >= 11 is 0. The fourth-order valence-electron chi connectivity index (χ4n) is 2.75. The number of ether oxygens (including phenoxy) is 1. The van der Waals surface area contributed by atoms with Crippen LogP contribution in [0.15, 0.2) is 0 Å². The third kappa shape index (κ3) is 2.74. The third-order valence-electron chi connectivity index (χ3n) is 3.83. The largest absolute Gasteiger partial charge is 0.376 e. The van der Waals surface area contributed by atoms with Crippen LogP contribution in [0.25, 0.3) is 0 Å². The predicted octanol–water partition coefficient (Wildman–Crippen LogP) is 0.942. The minimum Gasteiger partial charge on any atom is -0.376 e. The summed E-state index contributed by atoms with van der Waals surface area (Å²) in [6.07, 6.45) is 5.82. The molecule has 0 aromatic rings. The third-order valence-corrected chi connectivity index (χ3v) is 3.83. The van der Waals surface area contributed by atoms with Gasteiger partial charge in [0.05, 0.1) is 12.1 Å². The van der Waals surface area contributed by atoms with E-state index in [1.165, 1.54) is 0 Å². The van der Waals surface area contributed by atoms with Crippen molar-refractivity contribution < 1.29 is 9.53 Å². The predicted molar refractivity (Wildman–Crippen MR) is 62.0 cm³/mol. The lowest BCUT2D eigenvalue weighted by Crippen LogP contribution is -2.46. The number of nitrogens with two attached hydrogens (primary N) is 1. The molecular weight excluding hydrogens is 204 g/mol. The summed E-state index contributed by atoms with van der Waals surface area (Å²) in [5, 5.41) is 3.04. The SMILES string of the molecule is CC1OCCC1NC(=O)CC1(N)CCCC1. The van der Waals surface area contributed by atoms with Crippen molar-refractivity contribution in [3.05, 3.63) is 0 Å². The zero-order valence-corrected chi connectivity index (χ0v) is 10.00. The summed E-state index contributed by atoms with van der Waals surface area (Å²) in [6, 6.07) is 0.178. The Hall–Kier alpha value is -0.610. The summed E-state index contributed by atoms with van der Waals surface area (Å²) in [7, 11) is 0. The molecule has 1 aliphatic carbocycles. The molecule has 4 nitrogen and oxygen atoms in total. The first-order chi connectivity index (χ1) is 7.59. The van der Waals surface area contributed by atoms with Crippen molar-refractivity contribution in [1.29, 1.82) is 0 Å². The van der Waals surface area contributed by atoms with Crippen molar-refractivity contribution in [3.8, 4) is 0 Å². The Morgan fingerprint density at radius 2 is 2.19 bits per heavy atom. The minimum atomic E-state index is -0.243. The summed E-state index contributed by atoms with van der Waals surface area (Å²) in [5.41, 5.74) is 5.93. The molecule has 0 bridgehead atoms. The summed E-state index contributed by atoms with van der Waals surface area (Å²) in [4.78, 5) is 11.9. The fourth-order valence-corrected chi connectivity index (χ4v) is 2.75. The van der Waals surface area contributed by atoms with Crippen molar-refractivity contribution in [3.63, 3.8) is 0 Å². The number of carbonyl (C=O) groups is 1. The van der Waals surface area contributed by atoms with E-state index in [-0.39, 0.29) is 23.6 Å². The first kappa shape index (κ1) is 11.9. The number of nitrogens with one attached hydrogen (secondary N) is 1. The van der Waals surface area contributed by atoms with Crippen molar-refractivity contribution >= 4 is 5.91 Å². The highest BCUT2D eigenvalue weighted by Crippen LogP contribution is 2.30. The van der Waals surface area contributed by atoms with E-state index in [0.717, 1.165) is 38.7 Å². The van der Waals surface area contributed by atoms with E-state index < -0.39 is 0 Å². The average Bonchev–Trinajstić information content (AvgIpc) is 2.77. The maximum Gasteiger partial charge on any atom is 0.222 e. The van der Waals surface area contributed by atoms with Crippen LogP contribution in [-0.2, 0) is 9.53 Å². The Morgan fingerprint density at radius 1 is 1.50 bits per heavy atom. The van der Waals surface area contributed by atoms with Gasteiger partial charge in [0.1, 0.15) is 0 Å². The van der Waals surface area contributed by atoms with Crippen LogP contribution >= 0.6 is 0 Å². The quantitative estimate of drug-likeness (QED) is 0.753. The van der Waals surface area contributed by atoms with E-state index in [9.17, 15) is 4.79 Å². The maximum atomic E-state index is 11.9. The molecule has 2 unspecified atom stereocenters. The Balaban J connectivity index is 1.79. The normalized spacial score (nSPS) is 32.9. The molecule has 4 heteroatoms. The topological polar surface area (TPSA) is 64.3 Å². The van der Waals surface area contributed by atoms with Gasteiger partial charge in [0.25, 0.3) is 0 Å². The molecule has 1 saturated carbocycles. The molecule has 0 aromatic heterocycles. The first-order valence-corrected chi connectivity index (χ1v) is 6.29. The van der Waals surface area contributed by atoms with Gasteiger partial charge in [-0.3, -0.25) is 4.79 Å². The van der Waals surface area contributed by atoms with Crippen LogP contribution in [0.5, 0.6) is 0 Å². The van der Waals surface area contributed by atoms with Gasteiger partial charge in [-0.05, 0) is 26.2 Å². The van der Waals surface area contributed by atoms with Crippen LogP contribution in [-0.4, -0.2) is 30.2 Å². The molecule has 2 rings (SSSR count). The molecule has 92 valence electrons. The molecule has 2 atom stereocenters. The van der Waals surface area contributed by atoms with E-state index in [1.807, 2.05) is 6.92 Å². The highest BCUT2D eigenvalue weighted by molar-refractivity contribution is 5.77. The number of hydrogen-bond donors (Lipinski definition) is 2. The van der Waals surface area contributed by atoms with Gasteiger partial charge in [-0.1, -0.05) is 12.8 Å². The fraction of sp³-hybridized carbons (Fsp3) is 0.917. The van der Waals surface area contributed by atoms with Gasteiger partial charge in [-0.2, -0.15) is 0 Å². The zero-order chi connectivity index (χ0) is 11.6. The van der Waals surface area contributed by atoms with Crippen LogP contribution in [0.4, 0.5) is 0 Å². The highest BCUT2D eigenvalue weighted by Gasteiger charge is 2.33. The second kappa shape index (κ2) is 4.72. The lowest BCUT2D eigenvalue weighted by molar-refractivity contribution is -0.123. The van der Waals surface area contributed by atoms with Crippen LogP contribution in [0, 0.1) is 0 Å². The molecule has 1 amide bonds. The summed E-state index contributed by atoms with van der Waals surface area (Å²) < 4.78 is 5.42. The summed E-state index contributed by atoms with van der Waals surface area (Å²) in [5.74, 6) is 0.0896. The Kier molecular flexibility index (Phi) is 3.50. The summed E-state index contributed by atoms with van der Waals surface area (Å²) in [6.45, 7) is 2.76. The molecule has 1 saturated heterocycles. The van der Waals surface area contributed by atoms with Gasteiger partial charge in [0, 0.05) is 18.6 Å². The van der Waals surface area contributed by atoms with E-state index in [1.54, 1.807) is 0 Å². The lowest BCUT2D eigenvalue weighted by Gasteiger charge is -2.24. The number of amides is 1. The van der Waals surface area contributed by atoms with Crippen molar-refractivity contribution in [2.45, 2.75) is 63.1 Å². The van der Waals surface area contributed by atoms with Gasteiger partial charge in [-0.15, -0.1) is 0 Å². The minimum absolute atomic E-state index is 0.0896. The molecule has 0 spiro atoms. The monoisotopic (exact) mass is 226 g/mol. The molecule has 16 heavy (non-hydrogen) atoms. The number of rotatable bonds is 3. The van der Waals surface area contributed by atoms with Gasteiger partial charge in [-0.25, -0.2) is 0 Å². The zero-order valence-electron chi connectivity index (χ0n) is 10.00. The lowest BCUT2D eigenvalue weighted by atomic mass is 9.94. The van der Waals surface area contributed by atoms with E-state index in [2.05, 4.69) is 5.32 Å². The Bertz CT molecular complexity index is 262. The molecule has 0 aromatic carbocycles. The van der Waals surface area contributed by atoms with Crippen LogP contribution in [0.2, 0.25) is 0 Å². The van der Waals surface area contributed by atoms with Gasteiger partial charge >= 0.3 is 0 Å². The maximum absolute atomic E-state index is 11.9. The van der Waals surface area contributed by atoms with E-state index in [0.29, 0.717) is 6.42 Å². The standard InChI is InChI=1S/C12H22N2O2/c1-9-10(4-7-16-9)14-11(15)8-12(13)5-2-3-6-12/h9-10H,2-8,13H2,1H3,(H,14,15). The molecule has 1 aliphatic heterocycles. The Morgan fingerprint density at radius 3 is 2.75 bits per heavy atom. The average molecular weight is 226 g/mol. The van der Waals surface area contributed by atoms with Gasteiger partial charge < -0.3 is 15.8 Å². The van der Waals surface area contributed by atoms with Crippen molar-refractivity contribution in [1.82, 2.24) is 5.32 Å². The molecule has 1 heterocycles. The molecule has 3 N–H and O–H groups in total. The number of hydrogen-bond acceptors (Lipinski definition) is 3.